The molecule has 0 fully saturated rings. The lowest BCUT2D eigenvalue weighted by molar-refractivity contribution is -0.112. The maximum atomic E-state index is 11.9. The van der Waals surface area contributed by atoms with Crippen LogP contribution >= 0.6 is 23.2 Å². The molecule has 23 heavy (non-hydrogen) atoms. The molecule has 2 rings (SSSR count). The van der Waals surface area contributed by atoms with Crippen molar-refractivity contribution in [2.75, 3.05) is 5.75 Å². The van der Waals surface area contributed by atoms with Crippen LogP contribution in [-0.2, 0) is 15.6 Å². The first-order valence-corrected chi connectivity index (χ1v) is 8.94. The van der Waals surface area contributed by atoms with Gasteiger partial charge in [-0.05, 0) is 47.5 Å². The number of benzene rings is 2. The normalized spacial score (nSPS) is 12.8. The fourth-order valence-corrected chi connectivity index (χ4v) is 2.76. The van der Waals surface area contributed by atoms with Gasteiger partial charge >= 0.3 is 0 Å². The molecular formula is C18H14Cl2O2S. The van der Waals surface area contributed by atoms with Crippen molar-refractivity contribution in [3.8, 4) is 0 Å². The van der Waals surface area contributed by atoms with Gasteiger partial charge < -0.3 is 0 Å². The molecule has 0 N–H and O–H groups in total. The summed E-state index contributed by atoms with van der Waals surface area (Å²) < 4.78 is 11.9. The van der Waals surface area contributed by atoms with Crippen molar-refractivity contribution in [1.82, 2.24) is 0 Å². The molecule has 0 aliphatic heterocycles. The largest absolute Gasteiger partial charge is 0.294 e. The fraction of sp³-hybridized carbons (Fsp3) is 0.0556. The second kappa shape index (κ2) is 8.82. The molecule has 0 heterocycles. The summed E-state index contributed by atoms with van der Waals surface area (Å²) in [6, 6.07) is 14.3. The van der Waals surface area contributed by atoms with Gasteiger partial charge in [0.05, 0.1) is 16.6 Å². The zero-order valence-electron chi connectivity index (χ0n) is 12.1. The molecule has 5 heteroatoms. The van der Waals surface area contributed by atoms with E-state index in [1.165, 1.54) is 11.5 Å². The minimum atomic E-state index is -1.35. The van der Waals surface area contributed by atoms with Gasteiger partial charge in [0.1, 0.15) is 0 Å². The molecule has 0 radical (unpaired) electrons. The van der Waals surface area contributed by atoms with Crippen LogP contribution in [0.15, 0.2) is 60.0 Å². The fourth-order valence-electron chi connectivity index (χ4n) is 1.73. The van der Waals surface area contributed by atoms with Gasteiger partial charge in [-0.1, -0.05) is 53.5 Å². The lowest BCUT2D eigenvalue weighted by Gasteiger charge is -1.95. The van der Waals surface area contributed by atoms with Gasteiger partial charge in [0, 0.05) is 15.5 Å². The van der Waals surface area contributed by atoms with Crippen LogP contribution in [0.25, 0.3) is 12.2 Å². The summed E-state index contributed by atoms with van der Waals surface area (Å²) in [6.45, 7) is 0. The summed E-state index contributed by atoms with van der Waals surface area (Å²) >= 11 is 11.6. The van der Waals surface area contributed by atoms with Gasteiger partial charge in [0.2, 0.25) is 0 Å². The quantitative estimate of drug-likeness (QED) is 0.676. The van der Waals surface area contributed by atoms with E-state index >= 15 is 0 Å². The monoisotopic (exact) mass is 364 g/mol. The summed E-state index contributed by atoms with van der Waals surface area (Å²) in [6.07, 6.45) is 4.82. The SMILES string of the molecule is O=C(C=Cc1ccc(Cl)cc1)CS(=O)/C=C\c1ccc(Cl)cc1. The van der Waals surface area contributed by atoms with Crippen LogP contribution in [0, 0.1) is 0 Å². The Labute approximate surface area is 147 Å². The molecule has 0 spiro atoms. The maximum Gasteiger partial charge on any atom is 0.168 e. The molecule has 0 aliphatic rings. The van der Waals surface area contributed by atoms with Crippen LogP contribution in [0.4, 0.5) is 0 Å². The number of rotatable bonds is 6. The molecule has 2 aromatic carbocycles. The predicted molar refractivity (Wildman–Crippen MR) is 99.0 cm³/mol. The van der Waals surface area contributed by atoms with Crippen molar-refractivity contribution < 1.29 is 9.00 Å². The van der Waals surface area contributed by atoms with E-state index in [4.69, 9.17) is 23.2 Å². The molecular weight excluding hydrogens is 351 g/mol. The lowest BCUT2D eigenvalue weighted by atomic mass is 10.2. The topological polar surface area (TPSA) is 34.1 Å². The number of carbonyl (C=O) groups is 1. The van der Waals surface area contributed by atoms with E-state index in [0.29, 0.717) is 10.0 Å². The second-order valence-corrected chi connectivity index (χ2v) is 6.93. The Morgan fingerprint density at radius 2 is 1.35 bits per heavy atom. The maximum absolute atomic E-state index is 11.9. The van der Waals surface area contributed by atoms with Crippen molar-refractivity contribution in [2.45, 2.75) is 0 Å². The first kappa shape index (κ1) is 17.7. The minimum absolute atomic E-state index is 0.0474. The highest BCUT2D eigenvalue weighted by molar-refractivity contribution is 7.88. The van der Waals surface area contributed by atoms with E-state index < -0.39 is 10.8 Å². The molecule has 0 bridgehead atoms. The molecule has 0 saturated heterocycles. The Hall–Kier alpha value is -1.68. The Bertz CT molecular complexity index is 682. The van der Waals surface area contributed by atoms with Crippen LogP contribution in [0.2, 0.25) is 10.0 Å². The van der Waals surface area contributed by atoms with Crippen LogP contribution in [0.1, 0.15) is 11.1 Å². The molecule has 0 aliphatic carbocycles. The highest BCUT2D eigenvalue weighted by Crippen LogP contribution is 2.12. The van der Waals surface area contributed by atoms with Gasteiger partial charge in [-0.3, -0.25) is 9.00 Å². The number of hydrogen-bond acceptors (Lipinski definition) is 2. The molecule has 118 valence electrons. The number of hydrogen-bond donors (Lipinski definition) is 0. The smallest absolute Gasteiger partial charge is 0.168 e. The summed E-state index contributed by atoms with van der Waals surface area (Å²) in [5.74, 6) is -0.243. The summed E-state index contributed by atoms with van der Waals surface area (Å²) in [5, 5.41) is 2.80. The van der Waals surface area contributed by atoms with E-state index in [9.17, 15) is 9.00 Å². The third kappa shape index (κ3) is 6.53. The summed E-state index contributed by atoms with van der Waals surface area (Å²) in [4.78, 5) is 11.8. The Morgan fingerprint density at radius 1 is 0.870 bits per heavy atom. The molecule has 2 nitrogen and oxygen atoms in total. The standard InChI is InChI=1S/C18H14Cl2O2S/c19-16-6-1-14(2-7-16)5-10-18(21)13-23(22)12-11-15-3-8-17(20)9-4-15/h1-12H,13H2/b10-5?,12-11-. The third-order valence-corrected chi connectivity index (χ3v) is 4.41. The van der Waals surface area contributed by atoms with Gasteiger partial charge in [0.25, 0.3) is 0 Å². The van der Waals surface area contributed by atoms with E-state index in [1.807, 2.05) is 24.3 Å². The Balaban J connectivity index is 1.88. The van der Waals surface area contributed by atoms with Crippen LogP contribution in [0.3, 0.4) is 0 Å². The third-order valence-electron chi connectivity index (χ3n) is 2.90. The number of allylic oxidation sites excluding steroid dienone is 1. The van der Waals surface area contributed by atoms with Crippen molar-refractivity contribution >= 4 is 51.9 Å². The van der Waals surface area contributed by atoms with E-state index in [2.05, 4.69) is 0 Å². The van der Waals surface area contributed by atoms with Gasteiger partial charge in [-0.15, -0.1) is 0 Å². The highest BCUT2D eigenvalue weighted by Gasteiger charge is 2.02. The molecule has 2 aromatic rings. The van der Waals surface area contributed by atoms with Crippen LogP contribution in [-0.4, -0.2) is 15.7 Å². The zero-order chi connectivity index (χ0) is 16.7. The highest BCUT2D eigenvalue weighted by atomic mass is 35.5. The molecule has 1 atom stereocenters. The molecule has 0 amide bonds. The lowest BCUT2D eigenvalue weighted by Crippen LogP contribution is -2.05. The second-order valence-electron chi connectivity index (χ2n) is 4.73. The van der Waals surface area contributed by atoms with Gasteiger partial charge in [-0.2, -0.15) is 0 Å². The molecule has 0 aromatic heterocycles. The average Bonchev–Trinajstić information content (AvgIpc) is 2.54. The van der Waals surface area contributed by atoms with E-state index in [1.54, 1.807) is 36.4 Å². The van der Waals surface area contributed by atoms with E-state index in [-0.39, 0.29) is 11.5 Å². The first-order valence-electron chi connectivity index (χ1n) is 6.80. The Kier molecular flexibility index (Phi) is 6.78. The van der Waals surface area contributed by atoms with Gasteiger partial charge in [-0.25, -0.2) is 0 Å². The number of halogens is 2. The summed E-state index contributed by atoms with van der Waals surface area (Å²) in [5.41, 5.74) is 1.75. The summed E-state index contributed by atoms with van der Waals surface area (Å²) in [7, 11) is -1.35. The van der Waals surface area contributed by atoms with Crippen LogP contribution in [0.5, 0.6) is 0 Å². The number of ketones is 1. The predicted octanol–water partition coefficient (Wildman–Crippen LogP) is 5.00. The first-order chi connectivity index (χ1) is 11.0. The van der Waals surface area contributed by atoms with Crippen molar-refractivity contribution in [2.24, 2.45) is 0 Å². The average molecular weight is 365 g/mol. The van der Waals surface area contributed by atoms with Crippen molar-refractivity contribution in [3.63, 3.8) is 0 Å². The van der Waals surface area contributed by atoms with Crippen molar-refractivity contribution in [1.29, 1.82) is 0 Å². The van der Waals surface area contributed by atoms with E-state index in [0.717, 1.165) is 11.1 Å². The van der Waals surface area contributed by atoms with Gasteiger partial charge in [0.15, 0.2) is 5.78 Å². The van der Waals surface area contributed by atoms with Crippen molar-refractivity contribution in [3.05, 3.63) is 81.2 Å². The molecule has 1 unspecified atom stereocenters. The molecule has 0 saturated carbocycles. The van der Waals surface area contributed by atoms with Crippen LogP contribution < -0.4 is 0 Å². The minimum Gasteiger partial charge on any atom is -0.294 e. The Morgan fingerprint density at radius 3 is 1.87 bits per heavy atom. The zero-order valence-corrected chi connectivity index (χ0v) is 14.4. The number of carbonyl (C=O) groups excluding carboxylic acids is 1.